The highest BCUT2D eigenvalue weighted by Crippen LogP contribution is 2.16. The van der Waals surface area contributed by atoms with Crippen molar-refractivity contribution < 1.29 is 0 Å². The van der Waals surface area contributed by atoms with Crippen LogP contribution in [0.5, 0.6) is 0 Å². The van der Waals surface area contributed by atoms with Gasteiger partial charge < -0.3 is 11.5 Å². The molecule has 0 aromatic carbocycles. The molecule has 5 nitrogen and oxygen atoms in total. The largest absolute Gasteiger partial charge is 0.330 e. The first-order valence-electron chi connectivity index (χ1n) is 5.32. The first-order chi connectivity index (χ1) is 6.63. The molecule has 0 aliphatic carbocycles. The molecule has 0 saturated carbocycles. The Kier molecular flexibility index (Phi) is 8.02. The van der Waals surface area contributed by atoms with E-state index in [0.29, 0.717) is 12.5 Å². The molecule has 5 heteroatoms. The van der Waals surface area contributed by atoms with E-state index in [9.17, 15) is 0 Å². The minimum absolute atomic E-state index is 0.213. The fourth-order valence-electron chi connectivity index (χ4n) is 1.69. The normalized spacial score (nSPS) is 15.9. The second-order valence-corrected chi connectivity index (χ2v) is 3.85. The summed E-state index contributed by atoms with van der Waals surface area (Å²) < 4.78 is 0. The van der Waals surface area contributed by atoms with Gasteiger partial charge in [-0.1, -0.05) is 6.92 Å². The molecule has 2 atom stereocenters. The van der Waals surface area contributed by atoms with Crippen LogP contribution in [0.25, 0.3) is 0 Å². The van der Waals surface area contributed by atoms with Crippen LogP contribution in [0, 0.1) is 5.92 Å². The van der Waals surface area contributed by atoms with E-state index in [-0.39, 0.29) is 6.04 Å². The Hall–Kier alpha value is -0.200. The molecule has 0 aromatic rings. The van der Waals surface area contributed by atoms with Gasteiger partial charge in [0.05, 0.1) is 0 Å². The summed E-state index contributed by atoms with van der Waals surface area (Å²) >= 11 is 0. The molecule has 0 amide bonds. The number of nitrogens with zero attached hydrogens (tertiary/aromatic N) is 1. The zero-order chi connectivity index (χ0) is 11.0. The van der Waals surface area contributed by atoms with E-state index in [4.69, 9.17) is 23.2 Å². The van der Waals surface area contributed by atoms with Crippen molar-refractivity contribution in [2.24, 2.45) is 29.1 Å². The van der Waals surface area contributed by atoms with Crippen LogP contribution in [0.3, 0.4) is 0 Å². The maximum Gasteiger partial charge on any atom is 0.0421 e. The Morgan fingerprint density at radius 1 is 1.00 bits per heavy atom. The Morgan fingerprint density at radius 3 is 1.93 bits per heavy atom. The van der Waals surface area contributed by atoms with E-state index in [2.05, 4.69) is 6.92 Å². The molecule has 0 radical (unpaired) electrons. The summed E-state index contributed by atoms with van der Waals surface area (Å²) in [6.07, 6.45) is 4.00. The Balaban J connectivity index is 3.91. The van der Waals surface area contributed by atoms with Gasteiger partial charge in [0.1, 0.15) is 0 Å². The summed E-state index contributed by atoms with van der Waals surface area (Å²) in [5, 5.41) is 1.32. The van der Waals surface area contributed by atoms with Crippen molar-refractivity contribution in [1.29, 1.82) is 0 Å². The molecule has 0 aliphatic rings. The summed E-state index contributed by atoms with van der Waals surface area (Å²) in [4.78, 5) is 0. The summed E-state index contributed by atoms with van der Waals surface area (Å²) in [6.45, 7) is 3.57. The van der Waals surface area contributed by atoms with Crippen LogP contribution in [0.15, 0.2) is 0 Å². The van der Waals surface area contributed by atoms with E-state index in [1.807, 2.05) is 0 Å². The predicted molar refractivity (Wildman–Crippen MR) is 59.7 cm³/mol. The highest BCUT2D eigenvalue weighted by atomic mass is 15.6. The van der Waals surface area contributed by atoms with Crippen LogP contribution in [0.1, 0.15) is 32.6 Å². The second kappa shape index (κ2) is 8.14. The summed E-state index contributed by atoms with van der Waals surface area (Å²) in [6, 6.07) is 0.213. The monoisotopic (exact) mass is 203 g/mol. The first-order valence-corrected chi connectivity index (χ1v) is 5.32. The molecular weight excluding hydrogens is 178 g/mol. The zero-order valence-corrected chi connectivity index (χ0v) is 9.15. The lowest BCUT2D eigenvalue weighted by molar-refractivity contribution is 0.135. The van der Waals surface area contributed by atoms with Gasteiger partial charge in [-0.15, -0.1) is 0 Å². The van der Waals surface area contributed by atoms with Gasteiger partial charge in [0.15, 0.2) is 0 Å². The van der Waals surface area contributed by atoms with Gasteiger partial charge in [-0.25, -0.2) is 0 Å². The van der Waals surface area contributed by atoms with Crippen molar-refractivity contribution in [3.8, 4) is 0 Å². The summed E-state index contributed by atoms with van der Waals surface area (Å²) in [5.74, 6) is 11.7. The van der Waals surface area contributed by atoms with Gasteiger partial charge in [-0.2, -0.15) is 5.12 Å². The standard InChI is InChI=1S/C9H25N5/c1-8(4-2-6-10)9(14(12)13)5-3-7-11/h8-9H,2-7,10-13H2,1H3. The molecule has 0 aromatic heterocycles. The minimum Gasteiger partial charge on any atom is -0.330 e. The van der Waals surface area contributed by atoms with Crippen LogP contribution in [0.4, 0.5) is 0 Å². The Morgan fingerprint density at radius 2 is 1.50 bits per heavy atom. The second-order valence-electron chi connectivity index (χ2n) is 3.85. The summed E-state index contributed by atoms with van der Waals surface area (Å²) in [7, 11) is 0. The SMILES string of the molecule is CC(CCCN)C(CCCN)N(N)N. The molecule has 86 valence electrons. The van der Waals surface area contributed by atoms with Crippen LogP contribution in [0.2, 0.25) is 0 Å². The van der Waals surface area contributed by atoms with Crippen molar-refractivity contribution in [2.75, 3.05) is 13.1 Å². The van der Waals surface area contributed by atoms with Gasteiger partial charge in [0.25, 0.3) is 0 Å². The predicted octanol–water partition coefficient (Wildman–Crippen LogP) is -0.482. The number of nitrogens with two attached hydrogens (primary N) is 4. The lowest BCUT2D eigenvalue weighted by Crippen LogP contribution is -2.49. The fourth-order valence-corrected chi connectivity index (χ4v) is 1.69. The van der Waals surface area contributed by atoms with Gasteiger partial charge in [-0.3, -0.25) is 11.7 Å². The maximum atomic E-state index is 5.59. The van der Waals surface area contributed by atoms with Crippen LogP contribution in [-0.4, -0.2) is 24.2 Å². The number of hydrogen-bond acceptors (Lipinski definition) is 5. The van der Waals surface area contributed by atoms with E-state index in [1.165, 1.54) is 5.12 Å². The smallest absolute Gasteiger partial charge is 0.0421 e. The average molecular weight is 203 g/mol. The van der Waals surface area contributed by atoms with E-state index < -0.39 is 0 Å². The van der Waals surface area contributed by atoms with Crippen molar-refractivity contribution >= 4 is 0 Å². The third kappa shape index (κ3) is 5.51. The van der Waals surface area contributed by atoms with Gasteiger partial charge in [-0.05, 0) is 44.7 Å². The van der Waals surface area contributed by atoms with Crippen LogP contribution >= 0.6 is 0 Å². The van der Waals surface area contributed by atoms with Crippen LogP contribution < -0.4 is 23.2 Å². The van der Waals surface area contributed by atoms with Crippen molar-refractivity contribution in [2.45, 2.75) is 38.6 Å². The lowest BCUT2D eigenvalue weighted by Gasteiger charge is -2.28. The lowest BCUT2D eigenvalue weighted by atomic mass is 9.93. The quantitative estimate of drug-likeness (QED) is 0.315. The average Bonchev–Trinajstić information content (AvgIpc) is 2.14. The molecule has 8 N–H and O–H groups in total. The van der Waals surface area contributed by atoms with Gasteiger partial charge in [0.2, 0.25) is 0 Å². The minimum atomic E-state index is 0.213. The molecule has 0 heterocycles. The summed E-state index contributed by atoms with van der Waals surface area (Å²) in [5.41, 5.74) is 10.9. The maximum absolute atomic E-state index is 5.59. The Labute approximate surface area is 86.7 Å². The highest BCUT2D eigenvalue weighted by molar-refractivity contribution is 4.71. The molecular formula is C9H25N5. The topological polar surface area (TPSA) is 107 Å². The Bertz CT molecular complexity index is 128. The number of hydrogen-bond donors (Lipinski definition) is 4. The zero-order valence-electron chi connectivity index (χ0n) is 9.15. The van der Waals surface area contributed by atoms with Crippen LogP contribution in [-0.2, 0) is 0 Å². The number of rotatable bonds is 8. The molecule has 2 unspecified atom stereocenters. The molecule has 0 saturated heterocycles. The molecule has 0 fully saturated rings. The third-order valence-electron chi connectivity index (χ3n) is 2.61. The van der Waals surface area contributed by atoms with E-state index >= 15 is 0 Å². The molecule has 0 spiro atoms. The molecule has 0 rings (SSSR count). The van der Waals surface area contributed by atoms with Gasteiger partial charge >= 0.3 is 0 Å². The molecule has 0 aliphatic heterocycles. The first kappa shape index (κ1) is 13.8. The highest BCUT2D eigenvalue weighted by Gasteiger charge is 2.19. The van der Waals surface area contributed by atoms with Gasteiger partial charge in [0, 0.05) is 6.04 Å². The molecule has 14 heavy (non-hydrogen) atoms. The fraction of sp³-hybridized carbons (Fsp3) is 1.00. The van der Waals surface area contributed by atoms with Crippen molar-refractivity contribution in [3.05, 3.63) is 0 Å². The van der Waals surface area contributed by atoms with Crippen molar-refractivity contribution in [1.82, 2.24) is 5.12 Å². The molecule has 0 bridgehead atoms. The van der Waals surface area contributed by atoms with E-state index in [1.54, 1.807) is 0 Å². The van der Waals surface area contributed by atoms with E-state index in [0.717, 1.165) is 32.2 Å². The van der Waals surface area contributed by atoms with Crippen molar-refractivity contribution in [3.63, 3.8) is 0 Å². The third-order valence-corrected chi connectivity index (χ3v) is 2.61. The number of hydrazine groups is 2.